The van der Waals surface area contributed by atoms with Crippen molar-refractivity contribution in [3.63, 3.8) is 0 Å². The highest BCUT2D eigenvalue weighted by atomic mass is 19.1. The van der Waals surface area contributed by atoms with Crippen LogP contribution in [0.15, 0.2) is 6.20 Å². The van der Waals surface area contributed by atoms with Crippen molar-refractivity contribution < 1.29 is 13.9 Å². The Morgan fingerprint density at radius 2 is 1.68 bits per heavy atom. The van der Waals surface area contributed by atoms with Crippen LogP contribution in [-0.4, -0.2) is 17.6 Å². The molecular weight excluding hydrogens is 317 g/mol. The number of nitrogens with one attached hydrogen (secondary N) is 1. The molecule has 1 aromatic heterocycles. The number of carbonyl (C=O) groups excluding carboxylic acids is 1. The Morgan fingerprint density at radius 1 is 1.08 bits per heavy atom. The number of ether oxygens (including phenoxy) is 1. The Hall–Kier alpha value is -1.32. The molecule has 0 aromatic carbocycles. The number of esters is 1. The first kappa shape index (κ1) is 21.7. The summed E-state index contributed by atoms with van der Waals surface area (Å²) in [6.45, 7) is 8.55. The molecule has 0 bridgehead atoms. The molecule has 0 spiro atoms. The van der Waals surface area contributed by atoms with Crippen LogP contribution in [0.3, 0.4) is 0 Å². The largest absolute Gasteiger partial charge is 0.461 e. The summed E-state index contributed by atoms with van der Waals surface area (Å²) in [4.78, 5) is 14.4. The van der Waals surface area contributed by atoms with Crippen molar-refractivity contribution in [3.8, 4) is 0 Å². The first-order chi connectivity index (χ1) is 11.9. The minimum absolute atomic E-state index is 0.0250. The van der Waals surface area contributed by atoms with Crippen LogP contribution in [0.2, 0.25) is 0 Å². The van der Waals surface area contributed by atoms with Crippen molar-refractivity contribution in [2.45, 2.75) is 91.9 Å². The van der Waals surface area contributed by atoms with Gasteiger partial charge in [-0.3, -0.25) is 0 Å². The predicted molar refractivity (Wildman–Crippen MR) is 101 cm³/mol. The van der Waals surface area contributed by atoms with E-state index < -0.39 is 11.8 Å². The Bertz CT molecular complexity index is 508. The average Bonchev–Trinajstić information content (AvgIpc) is 2.90. The predicted octanol–water partition coefficient (Wildman–Crippen LogP) is 6.43. The van der Waals surface area contributed by atoms with Gasteiger partial charge in [-0.15, -0.1) is 0 Å². The van der Waals surface area contributed by atoms with E-state index in [1.807, 2.05) is 0 Å². The maximum Gasteiger partial charge on any atom is 0.357 e. The van der Waals surface area contributed by atoms with Crippen LogP contribution in [0.1, 0.15) is 102 Å². The molecule has 0 radical (unpaired) electrons. The van der Waals surface area contributed by atoms with Gasteiger partial charge in [0, 0.05) is 11.8 Å². The SMILES string of the molecule is CCCCCCCCCCC(C)(C)Cc1c[nH]c(C(=O)OCC)c1F. The van der Waals surface area contributed by atoms with Crippen molar-refractivity contribution >= 4 is 5.97 Å². The minimum Gasteiger partial charge on any atom is -0.461 e. The molecule has 144 valence electrons. The van der Waals surface area contributed by atoms with Gasteiger partial charge in [-0.1, -0.05) is 72.1 Å². The average molecular weight is 354 g/mol. The Balaban J connectivity index is 2.36. The van der Waals surface area contributed by atoms with Crippen LogP contribution in [0, 0.1) is 11.2 Å². The number of halogens is 1. The van der Waals surface area contributed by atoms with E-state index in [1.54, 1.807) is 13.1 Å². The molecule has 4 heteroatoms. The third-order valence-corrected chi connectivity index (χ3v) is 4.75. The van der Waals surface area contributed by atoms with Gasteiger partial charge in [0.1, 0.15) is 0 Å². The zero-order chi connectivity index (χ0) is 18.7. The molecule has 25 heavy (non-hydrogen) atoms. The molecule has 0 saturated heterocycles. The van der Waals surface area contributed by atoms with Crippen LogP contribution in [0.4, 0.5) is 4.39 Å². The lowest BCUT2D eigenvalue weighted by atomic mass is 9.81. The van der Waals surface area contributed by atoms with Crippen molar-refractivity contribution in [3.05, 3.63) is 23.3 Å². The second-order valence-corrected chi connectivity index (χ2v) is 7.79. The van der Waals surface area contributed by atoms with Crippen molar-refractivity contribution in [1.29, 1.82) is 0 Å². The highest BCUT2D eigenvalue weighted by Crippen LogP contribution is 2.30. The quantitative estimate of drug-likeness (QED) is 0.328. The smallest absolute Gasteiger partial charge is 0.357 e. The van der Waals surface area contributed by atoms with E-state index in [2.05, 4.69) is 25.8 Å². The second-order valence-electron chi connectivity index (χ2n) is 7.79. The summed E-state index contributed by atoms with van der Waals surface area (Å²) in [7, 11) is 0. The molecule has 1 N–H and O–H groups in total. The molecule has 0 unspecified atom stereocenters. The van der Waals surface area contributed by atoms with E-state index in [4.69, 9.17) is 4.74 Å². The molecule has 0 fully saturated rings. The van der Waals surface area contributed by atoms with Crippen LogP contribution in [-0.2, 0) is 11.2 Å². The van der Waals surface area contributed by atoms with E-state index >= 15 is 0 Å². The molecule has 0 aliphatic heterocycles. The Morgan fingerprint density at radius 3 is 2.28 bits per heavy atom. The fraction of sp³-hybridized carbons (Fsp3) is 0.762. The van der Waals surface area contributed by atoms with Crippen LogP contribution < -0.4 is 0 Å². The number of hydrogen-bond donors (Lipinski definition) is 1. The first-order valence-electron chi connectivity index (χ1n) is 9.94. The fourth-order valence-electron chi connectivity index (χ4n) is 3.27. The minimum atomic E-state index is -0.618. The van der Waals surface area contributed by atoms with Gasteiger partial charge in [0.05, 0.1) is 6.61 Å². The van der Waals surface area contributed by atoms with Crippen LogP contribution in [0.5, 0.6) is 0 Å². The van der Waals surface area contributed by atoms with Crippen molar-refractivity contribution in [2.75, 3.05) is 6.61 Å². The van der Waals surface area contributed by atoms with Gasteiger partial charge in [0.25, 0.3) is 0 Å². The number of H-pyrrole nitrogens is 1. The molecular formula is C21H36FNO2. The van der Waals surface area contributed by atoms with E-state index in [1.165, 1.54) is 51.4 Å². The molecule has 0 aliphatic rings. The topological polar surface area (TPSA) is 42.1 Å². The normalized spacial score (nSPS) is 11.7. The fourth-order valence-corrected chi connectivity index (χ4v) is 3.27. The molecule has 1 heterocycles. The van der Waals surface area contributed by atoms with Crippen molar-refractivity contribution in [1.82, 2.24) is 4.98 Å². The number of hydrogen-bond acceptors (Lipinski definition) is 2. The highest BCUT2D eigenvalue weighted by molar-refractivity contribution is 5.88. The third kappa shape index (κ3) is 8.06. The van der Waals surface area contributed by atoms with Crippen LogP contribution >= 0.6 is 0 Å². The van der Waals surface area contributed by atoms with Gasteiger partial charge >= 0.3 is 5.97 Å². The lowest BCUT2D eigenvalue weighted by Gasteiger charge is -2.24. The van der Waals surface area contributed by atoms with E-state index in [0.29, 0.717) is 12.0 Å². The molecule has 0 atom stereocenters. The van der Waals surface area contributed by atoms with Crippen LogP contribution in [0.25, 0.3) is 0 Å². The molecule has 0 aliphatic carbocycles. The van der Waals surface area contributed by atoms with Gasteiger partial charge in [0.2, 0.25) is 0 Å². The zero-order valence-corrected chi connectivity index (χ0v) is 16.5. The molecule has 1 rings (SSSR count). The van der Waals surface area contributed by atoms with Gasteiger partial charge in [-0.05, 0) is 25.2 Å². The summed E-state index contributed by atoms with van der Waals surface area (Å²) < 4.78 is 19.3. The van der Waals surface area contributed by atoms with Gasteiger partial charge in [-0.25, -0.2) is 9.18 Å². The summed E-state index contributed by atoms with van der Waals surface area (Å²) in [6.07, 6.45) is 13.7. The number of unbranched alkanes of at least 4 members (excludes halogenated alkanes) is 7. The molecule has 0 amide bonds. The lowest BCUT2D eigenvalue weighted by Crippen LogP contribution is -2.15. The van der Waals surface area contributed by atoms with Gasteiger partial charge in [0.15, 0.2) is 11.5 Å². The standard InChI is InChI=1S/C21H36FNO2/c1-5-7-8-9-10-11-12-13-14-21(3,4)15-17-16-23-19(18(17)22)20(24)25-6-2/h16,23H,5-15H2,1-4H3. The Kier molecular flexibility index (Phi) is 9.84. The second kappa shape index (κ2) is 11.3. The molecule has 1 aromatic rings. The number of rotatable bonds is 13. The summed E-state index contributed by atoms with van der Waals surface area (Å²) in [5, 5.41) is 0. The number of aromatic amines is 1. The lowest BCUT2D eigenvalue weighted by molar-refractivity contribution is 0.0514. The summed E-state index contributed by atoms with van der Waals surface area (Å²) in [6, 6.07) is 0. The van der Waals surface area contributed by atoms with E-state index in [9.17, 15) is 9.18 Å². The highest BCUT2D eigenvalue weighted by Gasteiger charge is 2.24. The summed E-state index contributed by atoms with van der Waals surface area (Å²) in [5.74, 6) is -1.07. The van der Waals surface area contributed by atoms with E-state index in [0.717, 1.165) is 6.42 Å². The van der Waals surface area contributed by atoms with Crippen molar-refractivity contribution in [2.24, 2.45) is 5.41 Å². The number of carbonyl (C=O) groups is 1. The van der Waals surface area contributed by atoms with E-state index in [-0.39, 0.29) is 17.7 Å². The first-order valence-corrected chi connectivity index (χ1v) is 9.94. The third-order valence-electron chi connectivity index (χ3n) is 4.75. The maximum absolute atomic E-state index is 14.4. The maximum atomic E-state index is 14.4. The summed E-state index contributed by atoms with van der Waals surface area (Å²) >= 11 is 0. The number of aromatic nitrogens is 1. The van der Waals surface area contributed by atoms with Gasteiger partial charge < -0.3 is 9.72 Å². The molecule has 0 saturated carbocycles. The molecule has 3 nitrogen and oxygen atoms in total. The Labute approximate surface area is 152 Å². The monoisotopic (exact) mass is 353 g/mol. The zero-order valence-electron chi connectivity index (χ0n) is 16.5. The summed E-state index contributed by atoms with van der Waals surface area (Å²) in [5.41, 5.74) is 0.546. The van der Waals surface area contributed by atoms with Gasteiger partial charge in [-0.2, -0.15) is 0 Å².